The number of aromatic amines is 1. The summed E-state index contributed by atoms with van der Waals surface area (Å²) < 4.78 is 1.88. The van der Waals surface area contributed by atoms with Crippen molar-refractivity contribution < 1.29 is 0 Å². The first-order valence-electron chi connectivity index (χ1n) is 8.29. The minimum absolute atomic E-state index is 0.0390. The summed E-state index contributed by atoms with van der Waals surface area (Å²) in [6, 6.07) is 0.934. The molecule has 0 saturated heterocycles. The maximum Gasteiger partial charge on any atom is 0.344 e. The van der Waals surface area contributed by atoms with Crippen molar-refractivity contribution in [1.82, 2.24) is 20.1 Å². The topological polar surface area (TPSA) is 62.7 Å². The second-order valence-electron chi connectivity index (χ2n) is 6.32. The van der Waals surface area contributed by atoms with Gasteiger partial charge in [-0.25, -0.2) is 9.89 Å². The van der Waals surface area contributed by atoms with Crippen LogP contribution in [0.15, 0.2) is 9.95 Å². The lowest BCUT2D eigenvalue weighted by Gasteiger charge is -2.35. The van der Waals surface area contributed by atoms with Crippen molar-refractivity contribution in [3.05, 3.63) is 10.5 Å². The van der Waals surface area contributed by atoms with Crippen LogP contribution < -0.4 is 11.0 Å². The Balaban J connectivity index is 1.75. The van der Waals surface area contributed by atoms with Gasteiger partial charge in [0.2, 0.25) is 0 Å². The van der Waals surface area contributed by atoms with Gasteiger partial charge in [0, 0.05) is 17.3 Å². The summed E-state index contributed by atoms with van der Waals surface area (Å²) in [6.07, 6.45) is 7.28. The SMILES string of the molecule is CCNC1CCC(CC)CC1Sc1n[nH]c(=O)n1C1CC1. The lowest BCUT2D eigenvalue weighted by molar-refractivity contribution is 0.297. The van der Waals surface area contributed by atoms with Crippen LogP contribution in [0.4, 0.5) is 0 Å². The lowest BCUT2D eigenvalue weighted by atomic mass is 9.84. The Hall–Kier alpha value is -0.750. The van der Waals surface area contributed by atoms with Crippen LogP contribution in [0.1, 0.15) is 58.4 Å². The van der Waals surface area contributed by atoms with Gasteiger partial charge in [-0.2, -0.15) is 0 Å². The zero-order valence-corrected chi connectivity index (χ0v) is 13.8. The average molecular weight is 310 g/mol. The molecule has 3 rings (SSSR count). The molecule has 0 aliphatic heterocycles. The average Bonchev–Trinajstić information content (AvgIpc) is 3.26. The first-order valence-corrected chi connectivity index (χ1v) is 9.17. The molecule has 3 atom stereocenters. The zero-order chi connectivity index (χ0) is 14.8. The fraction of sp³-hybridized carbons (Fsp3) is 0.867. The predicted octanol–water partition coefficient (Wildman–Crippen LogP) is 2.56. The van der Waals surface area contributed by atoms with Gasteiger partial charge in [-0.1, -0.05) is 32.0 Å². The summed E-state index contributed by atoms with van der Waals surface area (Å²) in [5, 5.41) is 12.0. The second kappa shape index (κ2) is 6.57. The third-order valence-electron chi connectivity index (χ3n) is 4.78. The van der Waals surface area contributed by atoms with Gasteiger partial charge in [-0.3, -0.25) is 4.57 Å². The summed E-state index contributed by atoms with van der Waals surface area (Å²) in [6.45, 7) is 5.46. The smallest absolute Gasteiger partial charge is 0.313 e. The maximum atomic E-state index is 11.9. The summed E-state index contributed by atoms with van der Waals surface area (Å²) >= 11 is 1.81. The van der Waals surface area contributed by atoms with Gasteiger partial charge in [0.25, 0.3) is 0 Å². The molecule has 5 nitrogen and oxygen atoms in total. The highest BCUT2D eigenvalue weighted by atomic mass is 32.2. The molecule has 2 saturated carbocycles. The van der Waals surface area contributed by atoms with Gasteiger partial charge in [0.1, 0.15) is 0 Å². The third kappa shape index (κ3) is 3.37. The molecule has 1 aromatic rings. The molecule has 118 valence electrons. The van der Waals surface area contributed by atoms with Gasteiger partial charge >= 0.3 is 5.69 Å². The number of hydrogen-bond acceptors (Lipinski definition) is 4. The van der Waals surface area contributed by atoms with E-state index >= 15 is 0 Å². The summed E-state index contributed by atoms with van der Waals surface area (Å²) in [5.74, 6) is 0.817. The first kappa shape index (κ1) is 15.2. The van der Waals surface area contributed by atoms with Crippen LogP contribution >= 0.6 is 11.8 Å². The fourth-order valence-electron chi connectivity index (χ4n) is 3.37. The van der Waals surface area contributed by atoms with Crippen LogP contribution in [0.2, 0.25) is 0 Å². The molecule has 0 amide bonds. The summed E-state index contributed by atoms with van der Waals surface area (Å²) in [4.78, 5) is 11.9. The first-order chi connectivity index (χ1) is 10.2. The highest BCUT2D eigenvalue weighted by molar-refractivity contribution is 7.99. The van der Waals surface area contributed by atoms with Crippen LogP contribution in [0.3, 0.4) is 0 Å². The number of rotatable bonds is 6. The maximum absolute atomic E-state index is 11.9. The van der Waals surface area contributed by atoms with Crippen molar-refractivity contribution >= 4 is 11.8 Å². The highest BCUT2D eigenvalue weighted by Crippen LogP contribution is 2.40. The molecule has 0 radical (unpaired) electrons. The normalized spacial score (nSPS) is 29.7. The minimum Gasteiger partial charge on any atom is -0.313 e. The van der Waals surface area contributed by atoms with E-state index in [1.54, 1.807) is 11.8 Å². The van der Waals surface area contributed by atoms with Crippen molar-refractivity contribution in [2.75, 3.05) is 6.54 Å². The van der Waals surface area contributed by atoms with Gasteiger partial charge in [-0.05, 0) is 44.6 Å². The van der Waals surface area contributed by atoms with Crippen molar-refractivity contribution in [1.29, 1.82) is 0 Å². The zero-order valence-electron chi connectivity index (χ0n) is 13.0. The molecule has 0 spiro atoms. The Morgan fingerprint density at radius 3 is 2.81 bits per heavy atom. The number of H-pyrrole nitrogens is 1. The summed E-state index contributed by atoms with van der Waals surface area (Å²) in [5.41, 5.74) is -0.0390. The van der Waals surface area contributed by atoms with Crippen LogP contribution in [-0.2, 0) is 0 Å². The van der Waals surface area contributed by atoms with E-state index in [0.717, 1.165) is 30.5 Å². The van der Waals surface area contributed by atoms with Crippen molar-refractivity contribution in [2.45, 2.75) is 74.9 Å². The van der Waals surface area contributed by atoms with E-state index in [9.17, 15) is 4.79 Å². The Labute approximate surface area is 130 Å². The number of nitrogens with one attached hydrogen (secondary N) is 2. The molecule has 0 bridgehead atoms. The van der Waals surface area contributed by atoms with Gasteiger partial charge in [-0.15, -0.1) is 5.10 Å². The lowest BCUT2D eigenvalue weighted by Crippen LogP contribution is -2.42. The molecule has 3 unspecified atom stereocenters. The van der Waals surface area contributed by atoms with Crippen LogP contribution in [0.25, 0.3) is 0 Å². The largest absolute Gasteiger partial charge is 0.344 e. The Bertz CT molecular complexity index is 522. The molecule has 2 N–H and O–H groups in total. The predicted molar refractivity (Wildman–Crippen MR) is 85.9 cm³/mol. The quantitative estimate of drug-likeness (QED) is 0.847. The number of hydrogen-bond donors (Lipinski definition) is 2. The molecule has 6 heteroatoms. The van der Waals surface area contributed by atoms with Crippen LogP contribution in [0.5, 0.6) is 0 Å². The van der Waals surface area contributed by atoms with E-state index in [1.165, 1.54) is 25.7 Å². The number of nitrogens with zero attached hydrogens (tertiary/aromatic N) is 2. The van der Waals surface area contributed by atoms with Gasteiger partial charge in [0.15, 0.2) is 5.16 Å². The van der Waals surface area contributed by atoms with E-state index in [1.807, 2.05) is 4.57 Å². The van der Waals surface area contributed by atoms with Crippen LogP contribution in [0, 0.1) is 5.92 Å². The van der Waals surface area contributed by atoms with Crippen molar-refractivity contribution in [2.24, 2.45) is 5.92 Å². The fourth-order valence-corrected chi connectivity index (χ4v) is 4.85. The van der Waals surface area contributed by atoms with E-state index in [4.69, 9.17) is 0 Å². The molecule has 1 heterocycles. The van der Waals surface area contributed by atoms with Crippen molar-refractivity contribution in [3.8, 4) is 0 Å². The van der Waals surface area contributed by atoms with E-state index < -0.39 is 0 Å². The molecule has 0 aromatic carbocycles. The van der Waals surface area contributed by atoms with Crippen LogP contribution in [-0.4, -0.2) is 32.6 Å². The van der Waals surface area contributed by atoms with Gasteiger partial charge in [0.05, 0.1) is 0 Å². The number of thioether (sulfide) groups is 1. The minimum atomic E-state index is -0.0390. The van der Waals surface area contributed by atoms with E-state index in [2.05, 4.69) is 29.4 Å². The summed E-state index contributed by atoms with van der Waals surface area (Å²) in [7, 11) is 0. The molecule has 1 aromatic heterocycles. The molecular weight excluding hydrogens is 284 g/mol. The Kier molecular flexibility index (Phi) is 4.74. The monoisotopic (exact) mass is 310 g/mol. The second-order valence-corrected chi connectivity index (χ2v) is 7.53. The van der Waals surface area contributed by atoms with Crippen molar-refractivity contribution in [3.63, 3.8) is 0 Å². The molecule has 2 aliphatic carbocycles. The van der Waals surface area contributed by atoms with E-state index in [0.29, 0.717) is 17.3 Å². The highest BCUT2D eigenvalue weighted by Gasteiger charge is 2.34. The molecular formula is C15H26N4OS. The molecule has 21 heavy (non-hydrogen) atoms. The van der Waals surface area contributed by atoms with Gasteiger partial charge < -0.3 is 5.32 Å². The number of aromatic nitrogens is 3. The molecule has 2 aliphatic rings. The van der Waals surface area contributed by atoms with E-state index in [-0.39, 0.29) is 5.69 Å². The Morgan fingerprint density at radius 1 is 1.33 bits per heavy atom. The third-order valence-corrected chi connectivity index (χ3v) is 6.11. The standard InChI is InChI=1S/C15H26N4OS/c1-3-10-5-8-12(16-4-2)13(9-10)21-15-18-17-14(20)19(15)11-6-7-11/h10-13,16H,3-9H2,1-2H3,(H,17,20). The molecule has 2 fully saturated rings. The Morgan fingerprint density at radius 2 is 2.14 bits per heavy atom.